The van der Waals surface area contributed by atoms with Crippen molar-refractivity contribution in [2.24, 2.45) is 5.41 Å². The summed E-state index contributed by atoms with van der Waals surface area (Å²) in [6.45, 7) is 4.74. The first kappa shape index (κ1) is 25.2. The Labute approximate surface area is 165 Å². The topological polar surface area (TPSA) is 44.8 Å². The second-order valence-corrected chi connectivity index (χ2v) is 6.59. The van der Waals surface area contributed by atoms with E-state index in [0.717, 1.165) is 25.7 Å². The third kappa shape index (κ3) is 14.0. The van der Waals surface area contributed by atoms with Gasteiger partial charge in [-0.05, 0) is 32.6 Å². The van der Waals surface area contributed by atoms with Gasteiger partial charge in [-0.3, -0.25) is 4.79 Å². The normalized spacial score (nSPS) is 10.7. The maximum Gasteiger partial charge on any atom is 0.135 e. The lowest BCUT2D eigenvalue weighted by atomic mass is 9.74. The van der Waals surface area contributed by atoms with Crippen LogP contribution in [0.2, 0.25) is 0 Å². The monoisotopic (exact) mass is 374 g/mol. The molecule has 0 saturated carbocycles. The molecule has 0 aromatic carbocycles. The zero-order chi connectivity index (χ0) is 20.2. The molecule has 0 aliphatic carbocycles. The van der Waals surface area contributed by atoms with E-state index in [2.05, 4.69) is 17.8 Å². The van der Waals surface area contributed by atoms with Gasteiger partial charge >= 0.3 is 0 Å². The molecule has 0 amide bonds. The molecule has 0 aliphatic heterocycles. The van der Waals surface area contributed by atoms with Crippen molar-refractivity contribution < 1.29 is 19.0 Å². The lowest BCUT2D eigenvalue weighted by Crippen LogP contribution is -2.31. The van der Waals surface area contributed by atoms with E-state index in [1.165, 1.54) is 0 Å². The van der Waals surface area contributed by atoms with Crippen molar-refractivity contribution in [2.45, 2.75) is 58.3 Å². The molecule has 0 saturated heterocycles. The van der Waals surface area contributed by atoms with Crippen LogP contribution in [-0.2, 0) is 19.0 Å². The van der Waals surface area contributed by atoms with E-state index in [1.54, 1.807) is 0 Å². The average Bonchev–Trinajstić information content (AvgIpc) is 2.65. The first-order valence-corrected chi connectivity index (χ1v) is 9.69. The molecule has 4 nitrogen and oxygen atoms in total. The number of Topliss-reactive ketones (excluding diaryl/α,β-unsaturated/α-hetero) is 1. The van der Waals surface area contributed by atoms with E-state index >= 15 is 0 Å². The summed E-state index contributed by atoms with van der Waals surface area (Å²) in [7, 11) is 0. The highest BCUT2D eigenvalue weighted by atomic mass is 16.5. The second kappa shape index (κ2) is 17.6. The third-order valence-corrected chi connectivity index (χ3v) is 4.32. The second-order valence-electron chi connectivity index (χ2n) is 6.59. The summed E-state index contributed by atoms with van der Waals surface area (Å²) in [4.78, 5) is 12.6. The van der Waals surface area contributed by atoms with Gasteiger partial charge in [0.05, 0.1) is 26.4 Å². The van der Waals surface area contributed by atoms with Crippen LogP contribution < -0.4 is 0 Å². The lowest BCUT2D eigenvalue weighted by molar-refractivity contribution is -0.124. The fourth-order valence-electron chi connectivity index (χ4n) is 3.01. The molecule has 150 valence electrons. The van der Waals surface area contributed by atoms with Crippen LogP contribution in [0.15, 0.2) is 0 Å². The standard InChI is InChI=1S/C23H34O4/c1-5-9-11-14-23(15-12-10-6-2,21-27-16-7-3)20-22(24)13-17-26-19-18-25-8-4/h1-3H,8-21H2,4H3. The van der Waals surface area contributed by atoms with E-state index in [9.17, 15) is 4.79 Å². The van der Waals surface area contributed by atoms with Crippen LogP contribution in [0.4, 0.5) is 0 Å². The minimum absolute atomic E-state index is 0.164. The summed E-state index contributed by atoms with van der Waals surface area (Å²) in [5, 5.41) is 0. The van der Waals surface area contributed by atoms with Crippen LogP contribution in [0.5, 0.6) is 0 Å². The fourth-order valence-corrected chi connectivity index (χ4v) is 3.01. The van der Waals surface area contributed by atoms with Crippen molar-refractivity contribution in [3.63, 3.8) is 0 Å². The molecule has 0 unspecified atom stereocenters. The molecule has 0 atom stereocenters. The molecule has 0 rings (SSSR count). The van der Waals surface area contributed by atoms with Crippen molar-refractivity contribution in [3.05, 3.63) is 0 Å². The Hall–Kier alpha value is -1.77. The molecule has 0 N–H and O–H groups in total. The van der Waals surface area contributed by atoms with Crippen molar-refractivity contribution >= 4 is 5.78 Å². The maximum atomic E-state index is 12.6. The van der Waals surface area contributed by atoms with E-state index in [-0.39, 0.29) is 17.8 Å². The number of terminal acetylenes is 3. The molecule has 0 spiro atoms. The third-order valence-electron chi connectivity index (χ3n) is 4.32. The van der Waals surface area contributed by atoms with Crippen LogP contribution in [0, 0.1) is 42.4 Å². The quantitative estimate of drug-likeness (QED) is 0.271. The molecule has 0 aromatic rings. The minimum Gasteiger partial charge on any atom is -0.379 e. The zero-order valence-electron chi connectivity index (χ0n) is 16.8. The molecule has 0 aromatic heterocycles. The summed E-state index contributed by atoms with van der Waals surface area (Å²) < 4.78 is 16.3. The SMILES string of the molecule is C#CCCCC(CCCC#C)(COCC#C)CC(=O)CCOCCOCC. The molecule has 0 radical (unpaired) electrons. The fraction of sp³-hybridized carbons (Fsp3) is 0.696. The van der Waals surface area contributed by atoms with Gasteiger partial charge in [0.1, 0.15) is 12.4 Å². The Morgan fingerprint density at radius 2 is 1.52 bits per heavy atom. The van der Waals surface area contributed by atoms with Crippen LogP contribution >= 0.6 is 0 Å². The first-order valence-electron chi connectivity index (χ1n) is 9.69. The summed E-state index contributed by atoms with van der Waals surface area (Å²) in [6.07, 6.45) is 21.6. The number of ether oxygens (including phenoxy) is 3. The van der Waals surface area contributed by atoms with Gasteiger partial charge in [0.2, 0.25) is 0 Å². The van der Waals surface area contributed by atoms with Gasteiger partial charge in [0.25, 0.3) is 0 Å². The predicted molar refractivity (Wildman–Crippen MR) is 109 cm³/mol. The van der Waals surface area contributed by atoms with Crippen molar-refractivity contribution in [3.8, 4) is 37.0 Å². The molecular weight excluding hydrogens is 340 g/mol. The molecule has 0 aliphatic rings. The number of unbranched alkanes of at least 4 members (excludes halogenated alkanes) is 2. The van der Waals surface area contributed by atoms with Crippen molar-refractivity contribution in [1.29, 1.82) is 0 Å². The van der Waals surface area contributed by atoms with Gasteiger partial charge in [0, 0.05) is 37.7 Å². The Bertz CT molecular complexity index is 454. The maximum absolute atomic E-state index is 12.6. The molecule has 27 heavy (non-hydrogen) atoms. The molecule has 0 bridgehead atoms. The van der Waals surface area contributed by atoms with E-state index < -0.39 is 0 Å². The van der Waals surface area contributed by atoms with Gasteiger partial charge in [-0.1, -0.05) is 5.92 Å². The van der Waals surface area contributed by atoms with Gasteiger partial charge in [0.15, 0.2) is 0 Å². The van der Waals surface area contributed by atoms with Crippen molar-refractivity contribution in [1.82, 2.24) is 0 Å². The zero-order valence-corrected chi connectivity index (χ0v) is 16.8. The highest BCUT2D eigenvalue weighted by Gasteiger charge is 2.32. The van der Waals surface area contributed by atoms with E-state index in [4.69, 9.17) is 33.5 Å². The number of hydrogen-bond donors (Lipinski definition) is 0. The van der Waals surface area contributed by atoms with Crippen LogP contribution in [0.25, 0.3) is 0 Å². The summed E-state index contributed by atoms with van der Waals surface area (Å²) in [5.74, 6) is 7.98. The number of rotatable bonds is 18. The highest BCUT2D eigenvalue weighted by Crippen LogP contribution is 2.36. The number of ketones is 1. The van der Waals surface area contributed by atoms with E-state index in [1.807, 2.05) is 6.92 Å². The van der Waals surface area contributed by atoms with Gasteiger partial charge in [-0.25, -0.2) is 0 Å². The average molecular weight is 375 g/mol. The largest absolute Gasteiger partial charge is 0.379 e. The number of hydrogen-bond acceptors (Lipinski definition) is 4. The highest BCUT2D eigenvalue weighted by molar-refractivity contribution is 5.79. The summed E-state index contributed by atoms with van der Waals surface area (Å²) in [6, 6.07) is 0. The molecule has 4 heteroatoms. The minimum atomic E-state index is -0.271. The Kier molecular flexibility index (Phi) is 16.5. The van der Waals surface area contributed by atoms with Gasteiger partial charge in [-0.15, -0.1) is 31.1 Å². The number of carbonyl (C=O) groups excluding carboxylic acids is 1. The molecular formula is C23H34O4. The Balaban J connectivity index is 4.73. The number of carbonyl (C=O) groups is 1. The van der Waals surface area contributed by atoms with Crippen LogP contribution in [0.3, 0.4) is 0 Å². The van der Waals surface area contributed by atoms with Gasteiger partial charge in [-0.2, -0.15) is 0 Å². The Morgan fingerprint density at radius 3 is 2.07 bits per heavy atom. The Morgan fingerprint density at radius 1 is 0.889 bits per heavy atom. The van der Waals surface area contributed by atoms with E-state index in [0.29, 0.717) is 58.7 Å². The molecule has 0 heterocycles. The predicted octanol–water partition coefficient (Wildman–Crippen LogP) is 3.63. The van der Waals surface area contributed by atoms with Crippen LogP contribution in [0.1, 0.15) is 58.3 Å². The summed E-state index contributed by atoms with van der Waals surface area (Å²) in [5.41, 5.74) is -0.271. The summed E-state index contributed by atoms with van der Waals surface area (Å²) >= 11 is 0. The van der Waals surface area contributed by atoms with Crippen molar-refractivity contribution in [2.75, 3.05) is 39.6 Å². The smallest absolute Gasteiger partial charge is 0.135 e. The molecule has 0 fully saturated rings. The lowest BCUT2D eigenvalue weighted by Gasteiger charge is -2.33. The van der Waals surface area contributed by atoms with Crippen LogP contribution in [-0.4, -0.2) is 45.4 Å². The first-order chi connectivity index (χ1) is 13.1. The van der Waals surface area contributed by atoms with Gasteiger partial charge < -0.3 is 14.2 Å².